The monoisotopic (exact) mass is 348 g/mol. The van der Waals surface area contributed by atoms with Crippen LogP contribution >= 0.6 is 0 Å². The molecule has 134 valence electrons. The van der Waals surface area contributed by atoms with Gasteiger partial charge in [-0.2, -0.15) is 0 Å². The van der Waals surface area contributed by atoms with Gasteiger partial charge in [-0.15, -0.1) is 0 Å². The normalized spacial score (nSPS) is 10.7. The summed E-state index contributed by atoms with van der Waals surface area (Å²) in [6.45, 7) is 6.04. The third-order valence-corrected chi connectivity index (χ3v) is 4.97. The Morgan fingerprint density at radius 2 is 0.923 bits per heavy atom. The Balaban J connectivity index is 2.23. The molecule has 0 aliphatic carbocycles. The van der Waals surface area contributed by atoms with E-state index in [-0.39, 0.29) is 0 Å². The van der Waals surface area contributed by atoms with Gasteiger partial charge in [-0.3, -0.25) is 0 Å². The highest BCUT2D eigenvalue weighted by molar-refractivity contribution is 5.85. The molecule has 0 radical (unpaired) electrons. The molecule has 3 nitrogen and oxygen atoms in total. The van der Waals surface area contributed by atoms with Crippen LogP contribution in [0.2, 0.25) is 0 Å². The van der Waals surface area contributed by atoms with Crippen molar-refractivity contribution in [2.75, 3.05) is 14.2 Å². The molecule has 3 rings (SSSR count). The zero-order valence-corrected chi connectivity index (χ0v) is 15.9. The summed E-state index contributed by atoms with van der Waals surface area (Å²) in [5.74, 6) is 1.97. The number of hydrogen-bond acceptors (Lipinski definition) is 3. The SMILES string of the molecule is COc1ccc(-c2c(C)c(O)c(C)c(-c3ccc(OC)cc3)c2C)cc1. The van der Waals surface area contributed by atoms with Crippen molar-refractivity contribution < 1.29 is 14.6 Å². The van der Waals surface area contributed by atoms with E-state index in [1.807, 2.05) is 62.4 Å². The molecule has 0 aromatic heterocycles. The number of hydrogen-bond donors (Lipinski definition) is 1. The second kappa shape index (κ2) is 7.12. The molecule has 0 atom stereocenters. The van der Waals surface area contributed by atoms with Crippen LogP contribution in [0.25, 0.3) is 22.3 Å². The number of ether oxygens (including phenoxy) is 2. The molecule has 0 unspecified atom stereocenters. The van der Waals surface area contributed by atoms with E-state index in [1.165, 1.54) is 0 Å². The van der Waals surface area contributed by atoms with Gasteiger partial charge in [0.25, 0.3) is 0 Å². The first-order valence-corrected chi connectivity index (χ1v) is 8.59. The summed E-state index contributed by atoms with van der Waals surface area (Å²) in [6.07, 6.45) is 0. The minimum atomic E-state index is 0.340. The Morgan fingerprint density at radius 1 is 0.577 bits per heavy atom. The van der Waals surface area contributed by atoms with E-state index in [0.717, 1.165) is 50.4 Å². The lowest BCUT2D eigenvalue weighted by atomic mass is 9.85. The highest BCUT2D eigenvalue weighted by Crippen LogP contribution is 2.43. The van der Waals surface area contributed by atoms with Gasteiger partial charge in [0, 0.05) is 0 Å². The van der Waals surface area contributed by atoms with E-state index in [1.54, 1.807) is 14.2 Å². The van der Waals surface area contributed by atoms with Crippen molar-refractivity contribution in [1.82, 2.24) is 0 Å². The standard InChI is InChI=1S/C23H24O3/c1-14-21(17-6-10-19(25-4)11-7-17)15(2)23(24)16(3)22(14)18-8-12-20(26-5)13-9-18/h6-13,24H,1-5H3. The van der Waals surface area contributed by atoms with Gasteiger partial charge in [0.15, 0.2) is 0 Å². The molecule has 0 fully saturated rings. The largest absolute Gasteiger partial charge is 0.507 e. The van der Waals surface area contributed by atoms with Gasteiger partial charge in [0.2, 0.25) is 0 Å². The lowest BCUT2D eigenvalue weighted by Crippen LogP contribution is -1.97. The fourth-order valence-corrected chi connectivity index (χ4v) is 3.59. The molecule has 3 heteroatoms. The maximum absolute atomic E-state index is 10.8. The lowest BCUT2D eigenvalue weighted by molar-refractivity contribution is 0.415. The van der Waals surface area contributed by atoms with E-state index < -0.39 is 0 Å². The Kier molecular flexibility index (Phi) is 4.90. The Bertz CT molecular complexity index is 849. The number of methoxy groups -OCH3 is 2. The quantitative estimate of drug-likeness (QED) is 0.660. The van der Waals surface area contributed by atoms with Crippen molar-refractivity contribution in [2.24, 2.45) is 0 Å². The van der Waals surface area contributed by atoms with Gasteiger partial charge in [0.1, 0.15) is 17.2 Å². The summed E-state index contributed by atoms with van der Waals surface area (Å²) in [7, 11) is 3.32. The Hall–Kier alpha value is -2.94. The van der Waals surface area contributed by atoms with Gasteiger partial charge in [-0.1, -0.05) is 24.3 Å². The lowest BCUT2D eigenvalue weighted by Gasteiger charge is -2.20. The van der Waals surface area contributed by atoms with Crippen LogP contribution in [0.1, 0.15) is 16.7 Å². The first-order chi connectivity index (χ1) is 12.5. The van der Waals surface area contributed by atoms with E-state index >= 15 is 0 Å². The fraction of sp³-hybridized carbons (Fsp3) is 0.217. The molecule has 0 saturated heterocycles. The van der Waals surface area contributed by atoms with Gasteiger partial charge in [-0.05, 0) is 84.0 Å². The average molecular weight is 348 g/mol. The predicted molar refractivity (Wildman–Crippen MR) is 106 cm³/mol. The van der Waals surface area contributed by atoms with Gasteiger partial charge < -0.3 is 14.6 Å². The summed E-state index contributed by atoms with van der Waals surface area (Å²) >= 11 is 0. The molecular formula is C23H24O3. The molecule has 1 N–H and O–H groups in total. The highest BCUT2D eigenvalue weighted by Gasteiger charge is 2.19. The van der Waals surface area contributed by atoms with E-state index in [4.69, 9.17) is 9.47 Å². The molecule has 26 heavy (non-hydrogen) atoms. The van der Waals surface area contributed by atoms with Crippen LogP contribution in [0.4, 0.5) is 0 Å². The second-order valence-corrected chi connectivity index (χ2v) is 6.43. The van der Waals surface area contributed by atoms with Crippen LogP contribution in [0.3, 0.4) is 0 Å². The molecule has 0 heterocycles. The van der Waals surface area contributed by atoms with Crippen molar-refractivity contribution in [3.8, 4) is 39.5 Å². The van der Waals surface area contributed by atoms with Gasteiger partial charge >= 0.3 is 0 Å². The fourth-order valence-electron chi connectivity index (χ4n) is 3.59. The average Bonchev–Trinajstić information content (AvgIpc) is 2.67. The summed E-state index contributed by atoms with van der Waals surface area (Å²) in [5.41, 5.74) is 7.16. The maximum Gasteiger partial charge on any atom is 0.122 e. The molecule has 3 aromatic carbocycles. The zero-order chi connectivity index (χ0) is 18.8. The van der Waals surface area contributed by atoms with Crippen molar-refractivity contribution in [2.45, 2.75) is 20.8 Å². The summed E-state index contributed by atoms with van der Waals surface area (Å²) in [4.78, 5) is 0. The Labute approximate surface area is 154 Å². The van der Waals surface area contributed by atoms with Gasteiger partial charge in [0.05, 0.1) is 14.2 Å². The summed E-state index contributed by atoms with van der Waals surface area (Å²) < 4.78 is 10.5. The van der Waals surface area contributed by atoms with Crippen molar-refractivity contribution in [1.29, 1.82) is 0 Å². The molecule has 3 aromatic rings. The maximum atomic E-state index is 10.8. The minimum absolute atomic E-state index is 0.340. The number of phenols is 1. The number of benzene rings is 3. The van der Waals surface area contributed by atoms with Crippen LogP contribution in [0.5, 0.6) is 17.2 Å². The minimum Gasteiger partial charge on any atom is -0.507 e. The van der Waals surface area contributed by atoms with Crippen LogP contribution in [-0.2, 0) is 0 Å². The van der Waals surface area contributed by atoms with E-state index in [9.17, 15) is 5.11 Å². The molecule has 0 bridgehead atoms. The summed E-state index contributed by atoms with van der Waals surface area (Å²) in [5, 5.41) is 10.8. The number of rotatable bonds is 4. The van der Waals surface area contributed by atoms with Crippen molar-refractivity contribution in [3.63, 3.8) is 0 Å². The highest BCUT2D eigenvalue weighted by atomic mass is 16.5. The zero-order valence-electron chi connectivity index (χ0n) is 15.9. The second-order valence-electron chi connectivity index (χ2n) is 6.43. The van der Waals surface area contributed by atoms with Crippen LogP contribution in [0, 0.1) is 20.8 Å². The summed E-state index contributed by atoms with van der Waals surface area (Å²) in [6, 6.07) is 15.9. The molecule has 0 spiro atoms. The van der Waals surface area contributed by atoms with E-state index in [0.29, 0.717) is 5.75 Å². The molecule has 0 aliphatic heterocycles. The van der Waals surface area contributed by atoms with E-state index in [2.05, 4.69) is 6.92 Å². The number of aromatic hydroxyl groups is 1. The first kappa shape index (κ1) is 17.9. The molecule has 0 saturated carbocycles. The van der Waals surface area contributed by atoms with Crippen LogP contribution < -0.4 is 9.47 Å². The Morgan fingerprint density at radius 3 is 1.23 bits per heavy atom. The third-order valence-electron chi connectivity index (χ3n) is 4.97. The van der Waals surface area contributed by atoms with Crippen LogP contribution in [-0.4, -0.2) is 19.3 Å². The van der Waals surface area contributed by atoms with Crippen molar-refractivity contribution >= 4 is 0 Å². The van der Waals surface area contributed by atoms with Crippen molar-refractivity contribution in [3.05, 3.63) is 65.2 Å². The van der Waals surface area contributed by atoms with Crippen LogP contribution in [0.15, 0.2) is 48.5 Å². The number of phenolic OH excluding ortho intramolecular Hbond substituents is 1. The predicted octanol–water partition coefficient (Wildman–Crippen LogP) is 5.67. The molecule has 0 aliphatic rings. The first-order valence-electron chi connectivity index (χ1n) is 8.59. The molecule has 0 amide bonds. The van der Waals surface area contributed by atoms with Gasteiger partial charge in [-0.25, -0.2) is 0 Å². The molecular weight excluding hydrogens is 324 g/mol. The topological polar surface area (TPSA) is 38.7 Å². The third kappa shape index (κ3) is 3.01. The smallest absolute Gasteiger partial charge is 0.122 e.